The minimum absolute atomic E-state index is 0.127. The first-order valence-electron chi connectivity index (χ1n) is 8.48. The molecule has 1 aromatic heterocycles. The predicted octanol–water partition coefficient (Wildman–Crippen LogP) is 4.31. The molecule has 3 aromatic rings. The molecule has 0 unspecified atom stereocenters. The number of carbonyl (C=O) groups excluding carboxylic acids is 1. The maximum absolute atomic E-state index is 13.1. The zero-order valence-electron chi connectivity index (χ0n) is 15.2. The van der Waals surface area contributed by atoms with Gasteiger partial charge in [-0.25, -0.2) is 4.98 Å². The summed E-state index contributed by atoms with van der Waals surface area (Å²) in [5.74, 6) is 0.222. The maximum atomic E-state index is 13.1. The molecule has 2 aromatic carbocycles. The number of hydrogen-bond donors (Lipinski definition) is 0. The van der Waals surface area contributed by atoms with E-state index >= 15 is 0 Å². The van der Waals surface area contributed by atoms with Crippen LogP contribution in [0.15, 0.2) is 54.7 Å². The lowest BCUT2D eigenvalue weighted by Gasteiger charge is -2.19. The van der Waals surface area contributed by atoms with Crippen molar-refractivity contribution < 1.29 is 14.3 Å². The summed E-state index contributed by atoms with van der Waals surface area (Å²) in [4.78, 5) is 23.1. The van der Waals surface area contributed by atoms with E-state index in [2.05, 4.69) is 9.97 Å². The van der Waals surface area contributed by atoms with E-state index in [0.29, 0.717) is 33.4 Å². The second-order valence-electron chi connectivity index (χ2n) is 6.02. The highest BCUT2D eigenvalue weighted by molar-refractivity contribution is 6.31. The van der Waals surface area contributed by atoms with Crippen LogP contribution in [-0.4, -0.2) is 30.1 Å². The fourth-order valence-corrected chi connectivity index (χ4v) is 3.31. The van der Waals surface area contributed by atoms with Crippen LogP contribution >= 0.6 is 11.6 Å². The maximum Gasteiger partial charge on any atom is 0.319 e. The third-order valence-electron chi connectivity index (χ3n) is 4.37. The summed E-state index contributed by atoms with van der Waals surface area (Å²) in [6.07, 6.45) is 3.42. The number of hydrogen-bond acceptors (Lipinski definition) is 5. The molecular formula is C21H16ClN3O3. The summed E-state index contributed by atoms with van der Waals surface area (Å²) in [6.45, 7) is 0. The Morgan fingerprint density at radius 1 is 1.04 bits per heavy atom. The minimum atomic E-state index is -0.127. The highest BCUT2D eigenvalue weighted by atomic mass is 35.5. The third-order valence-corrected chi connectivity index (χ3v) is 4.61. The Hall–Kier alpha value is -3.38. The SMILES string of the molecule is COc1ncc(/C=C2\c3ccccc3C(=O)N2c2cccc(Cl)c2)c(OC)n1. The zero-order chi connectivity index (χ0) is 19.7. The van der Waals surface area contributed by atoms with Crippen LogP contribution in [0, 0.1) is 0 Å². The quantitative estimate of drug-likeness (QED) is 0.661. The second kappa shape index (κ2) is 7.32. The second-order valence-corrected chi connectivity index (χ2v) is 6.45. The van der Waals surface area contributed by atoms with Gasteiger partial charge in [-0.2, -0.15) is 4.98 Å². The molecule has 1 amide bonds. The Morgan fingerprint density at radius 2 is 1.82 bits per heavy atom. The van der Waals surface area contributed by atoms with Crippen molar-refractivity contribution in [2.75, 3.05) is 19.1 Å². The summed E-state index contributed by atoms with van der Waals surface area (Å²) in [7, 11) is 3.01. The van der Waals surface area contributed by atoms with Gasteiger partial charge in [0, 0.05) is 22.3 Å². The van der Waals surface area contributed by atoms with Crippen LogP contribution in [0.2, 0.25) is 5.02 Å². The number of ether oxygens (including phenoxy) is 2. The Bertz CT molecular complexity index is 1100. The molecule has 140 valence electrons. The lowest BCUT2D eigenvalue weighted by atomic mass is 10.1. The number of rotatable bonds is 4. The van der Waals surface area contributed by atoms with Crippen molar-refractivity contribution in [2.45, 2.75) is 0 Å². The molecule has 0 bridgehead atoms. The molecule has 0 N–H and O–H groups in total. The molecule has 4 rings (SSSR count). The molecule has 0 saturated heterocycles. The molecule has 0 radical (unpaired) electrons. The average molecular weight is 394 g/mol. The highest BCUT2D eigenvalue weighted by Gasteiger charge is 2.33. The monoisotopic (exact) mass is 393 g/mol. The largest absolute Gasteiger partial charge is 0.480 e. The molecule has 1 aliphatic rings. The number of anilines is 1. The molecule has 28 heavy (non-hydrogen) atoms. The minimum Gasteiger partial charge on any atom is -0.480 e. The van der Waals surface area contributed by atoms with E-state index in [1.807, 2.05) is 36.4 Å². The topological polar surface area (TPSA) is 64.5 Å². The number of amides is 1. The molecule has 2 heterocycles. The van der Waals surface area contributed by atoms with Gasteiger partial charge in [0.2, 0.25) is 5.88 Å². The van der Waals surface area contributed by atoms with E-state index in [4.69, 9.17) is 21.1 Å². The van der Waals surface area contributed by atoms with Crippen LogP contribution < -0.4 is 14.4 Å². The van der Waals surface area contributed by atoms with Gasteiger partial charge in [-0.15, -0.1) is 0 Å². The van der Waals surface area contributed by atoms with Crippen molar-refractivity contribution in [3.63, 3.8) is 0 Å². The number of carbonyl (C=O) groups is 1. The molecule has 6 nitrogen and oxygen atoms in total. The molecule has 7 heteroatoms. The number of aromatic nitrogens is 2. The summed E-state index contributed by atoms with van der Waals surface area (Å²) >= 11 is 6.16. The lowest BCUT2D eigenvalue weighted by Crippen LogP contribution is -2.22. The van der Waals surface area contributed by atoms with Crippen LogP contribution in [0.3, 0.4) is 0 Å². The van der Waals surface area contributed by atoms with Crippen molar-refractivity contribution in [1.29, 1.82) is 0 Å². The molecule has 0 atom stereocenters. The van der Waals surface area contributed by atoms with Gasteiger partial charge >= 0.3 is 6.01 Å². The molecule has 0 saturated carbocycles. The first kappa shape index (κ1) is 18.0. The molecule has 0 fully saturated rings. The van der Waals surface area contributed by atoms with E-state index in [9.17, 15) is 4.79 Å². The van der Waals surface area contributed by atoms with Gasteiger partial charge in [-0.1, -0.05) is 35.9 Å². The van der Waals surface area contributed by atoms with E-state index in [0.717, 1.165) is 5.56 Å². The van der Waals surface area contributed by atoms with Gasteiger partial charge in [0.25, 0.3) is 5.91 Å². The van der Waals surface area contributed by atoms with Gasteiger partial charge in [-0.05, 0) is 30.3 Å². The van der Waals surface area contributed by atoms with E-state index in [-0.39, 0.29) is 11.9 Å². The Kier molecular flexibility index (Phi) is 4.71. The van der Waals surface area contributed by atoms with Crippen molar-refractivity contribution in [3.8, 4) is 11.9 Å². The van der Waals surface area contributed by atoms with E-state index < -0.39 is 0 Å². The number of halogens is 1. The fourth-order valence-electron chi connectivity index (χ4n) is 3.13. The Labute approximate surface area is 167 Å². The summed E-state index contributed by atoms with van der Waals surface area (Å²) in [5.41, 5.74) is 3.41. The first-order valence-corrected chi connectivity index (χ1v) is 8.86. The predicted molar refractivity (Wildman–Crippen MR) is 108 cm³/mol. The van der Waals surface area contributed by atoms with Crippen LogP contribution in [0.1, 0.15) is 21.5 Å². The van der Waals surface area contributed by atoms with E-state index in [1.54, 1.807) is 29.3 Å². The zero-order valence-corrected chi connectivity index (χ0v) is 16.0. The summed E-state index contributed by atoms with van der Waals surface area (Å²) in [6, 6.07) is 14.8. The van der Waals surface area contributed by atoms with Gasteiger partial charge < -0.3 is 9.47 Å². The normalized spacial score (nSPS) is 14.3. The molecule has 0 spiro atoms. The number of nitrogens with zero attached hydrogens (tertiary/aromatic N) is 3. The number of methoxy groups -OCH3 is 2. The number of fused-ring (bicyclic) bond motifs is 1. The summed E-state index contributed by atoms with van der Waals surface area (Å²) < 4.78 is 10.4. The van der Waals surface area contributed by atoms with Gasteiger partial charge in [0.05, 0.1) is 31.2 Å². The van der Waals surface area contributed by atoms with Gasteiger partial charge in [0.15, 0.2) is 0 Å². The first-order chi connectivity index (χ1) is 13.6. The van der Waals surface area contributed by atoms with Crippen molar-refractivity contribution in [1.82, 2.24) is 9.97 Å². The van der Waals surface area contributed by atoms with Gasteiger partial charge in [0.1, 0.15) is 0 Å². The van der Waals surface area contributed by atoms with Crippen LogP contribution in [0.5, 0.6) is 11.9 Å². The standard InChI is InChI=1S/C21H16ClN3O3/c1-27-19-13(12-23-21(24-19)28-2)10-18-16-8-3-4-9-17(16)20(26)25(18)15-7-5-6-14(22)11-15/h3-12H,1-2H3/b18-10+. The third kappa shape index (κ3) is 3.08. The van der Waals surface area contributed by atoms with Gasteiger partial charge in [-0.3, -0.25) is 9.69 Å². The molecule has 1 aliphatic heterocycles. The fraction of sp³-hybridized carbons (Fsp3) is 0.0952. The van der Waals surface area contributed by atoms with Crippen molar-refractivity contribution in [3.05, 3.63) is 76.4 Å². The van der Waals surface area contributed by atoms with Crippen molar-refractivity contribution in [2.24, 2.45) is 0 Å². The molecular weight excluding hydrogens is 378 g/mol. The molecule has 0 aliphatic carbocycles. The Morgan fingerprint density at radius 3 is 2.54 bits per heavy atom. The average Bonchev–Trinajstić information content (AvgIpc) is 3.00. The highest BCUT2D eigenvalue weighted by Crippen LogP contribution is 2.39. The smallest absolute Gasteiger partial charge is 0.319 e. The van der Waals surface area contributed by atoms with Crippen molar-refractivity contribution >= 4 is 35.0 Å². The summed E-state index contributed by atoms with van der Waals surface area (Å²) in [5, 5.41) is 0.547. The Balaban J connectivity index is 1.91. The van der Waals surface area contributed by atoms with Crippen LogP contribution in [0.4, 0.5) is 5.69 Å². The van der Waals surface area contributed by atoms with Crippen LogP contribution in [0.25, 0.3) is 11.8 Å². The van der Waals surface area contributed by atoms with E-state index in [1.165, 1.54) is 14.2 Å². The van der Waals surface area contributed by atoms with Crippen LogP contribution in [-0.2, 0) is 0 Å². The number of benzene rings is 2. The lowest BCUT2D eigenvalue weighted by molar-refractivity contribution is 0.101.